The molecule has 0 amide bonds. The van der Waals surface area contributed by atoms with Crippen LogP contribution in [0.25, 0.3) is 10.9 Å². The van der Waals surface area contributed by atoms with Gasteiger partial charge in [0.2, 0.25) is 0 Å². The second-order valence-corrected chi connectivity index (χ2v) is 7.14. The predicted octanol–water partition coefficient (Wildman–Crippen LogP) is 3.80. The molecule has 1 aromatic carbocycles. The van der Waals surface area contributed by atoms with E-state index in [1.807, 2.05) is 6.07 Å². The quantitative estimate of drug-likeness (QED) is 0.501. The molecule has 23 heavy (non-hydrogen) atoms. The molecule has 3 rings (SSSR count). The van der Waals surface area contributed by atoms with E-state index in [9.17, 15) is 4.79 Å². The highest BCUT2D eigenvalue weighted by atomic mass is 79.9. The smallest absolute Gasteiger partial charge is 0.262 e. The van der Waals surface area contributed by atoms with Crippen molar-refractivity contribution in [1.82, 2.24) is 9.55 Å². The molecule has 0 aliphatic carbocycles. The van der Waals surface area contributed by atoms with Crippen molar-refractivity contribution in [2.24, 2.45) is 0 Å². The zero-order valence-electron chi connectivity index (χ0n) is 12.2. The second-order valence-electron chi connectivity index (χ2n) is 4.92. The van der Waals surface area contributed by atoms with Gasteiger partial charge in [-0.05, 0) is 37.3 Å². The summed E-state index contributed by atoms with van der Waals surface area (Å²) in [5.41, 5.74) is 0.460. The van der Waals surface area contributed by atoms with Crippen LogP contribution in [0, 0.1) is 11.3 Å². The third kappa shape index (κ3) is 3.33. The Morgan fingerprint density at radius 2 is 2.30 bits per heavy atom. The molecule has 2 heterocycles. The number of benzene rings is 1. The molecular formula is C16H12BrN3O2S. The second kappa shape index (κ2) is 6.60. The fourth-order valence-corrected chi connectivity index (χ4v) is 3.30. The van der Waals surface area contributed by atoms with Gasteiger partial charge in [0.25, 0.3) is 5.56 Å². The highest BCUT2D eigenvalue weighted by molar-refractivity contribution is 9.10. The highest BCUT2D eigenvalue weighted by Gasteiger charge is 2.15. The highest BCUT2D eigenvalue weighted by Crippen LogP contribution is 2.24. The lowest BCUT2D eigenvalue weighted by Crippen LogP contribution is -2.24. The van der Waals surface area contributed by atoms with E-state index >= 15 is 0 Å². The molecule has 116 valence electrons. The summed E-state index contributed by atoms with van der Waals surface area (Å²) >= 11 is 4.64. The van der Waals surface area contributed by atoms with Crippen LogP contribution in [0.3, 0.4) is 0 Å². The number of nitriles is 1. The summed E-state index contributed by atoms with van der Waals surface area (Å²) in [4.78, 5) is 17.4. The van der Waals surface area contributed by atoms with Gasteiger partial charge in [0.05, 0.1) is 35.0 Å². The number of halogens is 1. The SMILES string of the molecule is CC(C#N)Sc1nc2ccc(Br)cc2c(=O)n1Cc1ccco1. The van der Waals surface area contributed by atoms with Crippen molar-refractivity contribution < 1.29 is 4.42 Å². The van der Waals surface area contributed by atoms with E-state index in [4.69, 9.17) is 9.68 Å². The maximum Gasteiger partial charge on any atom is 0.262 e. The Balaban J connectivity index is 2.19. The van der Waals surface area contributed by atoms with Crippen LogP contribution in [-0.4, -0.2) is 14.8 Å². The van der Waals surface area contributed by atoms with Crippen LogP contribution in [0.4, 0.5) is 0 Å². The van der Waals surface area contributed by atoms with E-state index in [0.29, 0.717) is 21.8 Å². The van der Waals surface area contributed by atoms with Crippen molar-refractivity contribution in [2.75, 3.05) is 0 Å². The van der Waals surface area contributed by atoms with Crippen molar-refractivity contribution >= 4 is 38.6 Å². The average Bonchev–Trinajstić information content (AvgIpc) is 3.05. The van der Waals surface area contributed by atoms with Crippen LogP contribution in [0.15, 0.2) is 55.4 Å². The van der Waals surface area contributed by atoms with Crippen LogP contribution in [-0.2, 0) is 6.54 Å². The van der Waals surface area contributed by atoms with Gasteiger partial charge in [-0.25, -0.2) is 4.98 Å². The Kier molecular flexibility index (Phi) is 4.55. The van der Waals surface area contributed by atoms with Crippen LogP contribution >= 0.6 is 27.7 Å². The molecule has 3 aromatic rings. The molecule has 0 bridgehead atoms. The first-order valence-corrected chi connectivity index (χ1v) is 8.54. The largest absolute Gasteiger partial charge is 0.467 e. The van der Waals surface area contributed by atoms with Crippen molar-refractivity contribution in [1.29, 1.82) is 5.26 Å². The number of hydrogen-bond donors (Lipinski definition) is 0. The third-order valence-electron chi connectivity index (χ3n) is 3.24. The summed E-state index contributed by atoms with van der Waals surface area (Å²) in [7, 11) is 0. The Morgan fingerprint density at radius 1 is 1.48 bits per heavy atom. The number of rotatable bonds is 4. The summed E-state index contributed by atoms with van der Waals surface area (Å²) in [6, 6.07) is 11.1. The van der Waals surface area contributed by atoms with Gasteiger partial charge in [0.15, 0.2) is 5.16 Å². The molecule has 1 atom stereocenters. The number of furan rings is 1. The van der Waals surface area contributed by atoms with Crippen molar-refractivity contribution in [3.63, 3.8) is 0 Å². The lowest BCUT2D eigenvalue weighted by atomic mass is 10.2. The van der Waals surface area contributed by atoms with E-state index in [1.54, 1.807) is 42.0 Å². The number of hydrogen-bond acceptors (Lipinski definition) is 5. The first kappa shape index (κ1) is 15.8. The fourth-order valence-electron chi connectivity index (χ4n) is 2.14. The van der Waals surface area contributed by atoms with Gasteiger partial charge in [0.1, 0.15) is 5.76 Å². The standard InChI is InChI=1S/C16H12BrN3O2S/c1-10(8-18)23-16-19-14-5-4-11(17)7-13(14)15(21)20(16)9-12-3-2-6-22-12/h2-7,10H,9H2,1H3. The molecular weight excluding hydrogens is 378 g/mol. The van der Waals surface area contributed by atoms with Gasteiger partial charge in [0, 0.05) is 4.47 Å². The van der Waals surface area contributed by atoms with E-state index in [-0.39, 0.29) is 17.4 Å². The Labute approximate surface area is 145 Å². The minimum Gasteiger partial charge on any atom is -0.467 e. The van der Waals surface area contributed by atoms with E-state index in [0.717, 1.165) is 4.47 Å². The maximum absolute atomic E-state index is 12.9. The number of fused-ring (bicyclic) bond motifs is 1. The minimum atomic E-state index is -0.308. The topological polar surface area (TPSA) is 71.8 Å². The Morgan fingerprint density at radius 3 is 3.00 bits per heavy atom. The molecule has 0 aliphatic rings. The van der Waals surface area contributed by atoms with E-state index in [1.165, 1.54) is 11.8 Å². The van der Waals surface area contributed by atoms with Crippen LogP contribution in [0.5, 0.6) is 0 Å². The first-order chi connectivity index (χ1) is 11.1. The van der Waals surface area contributed by atoms with Gasteiger partial charge in [-0.15, -0.1) is 0 Å². The lowest BCUT2D eigenvalue weighted by molar-refractivity contribution is 0.476. The maximum atomic E-state index is 12.9. The molecule has 1 unspecified atom stereocenters. The monoisotopic (exact) mass is 389 g/mol. The average molecular weight is 390 g/mol. The lowest BCUT2D eigenvalue weighted by Gasteiger charge is -2.13. The number of thioether (sulfide) groups is 1. The Bertz CT molecular complexity index is 944. The zero-order chi connectivity index (χ0) is 16.4. The first-order valence-electron chi connectivity index (χ1n) is 6.87. The number of nitrogens with zero attached hydrogens (tertiary/aromatic N) is 3. The summed E-state index contributed by atoms with van der Waals surface area (Å²) in [5.74, 6) is 0.662. The van der Waals surface area contributed by atoms with E-state index in [2.05, 4.69) is 27.0 Å². The van der Waals surface area contributed by atoms with Gasteiger partial charge < -0.3 is 4.42 Å². The molecule has 0 fully saturated rings. The molecule has 0 radical (unpaired) electrons. The summed E-state index contributed by atoms with van der Waals surface area (Å²) in [5, 5.41) is 9.78. The zero-order valence-corrected chi connectivity index (χ0v) is 14.6. The van der Waals surface area contributed by atoms with Gasteiger partial charge in [-0.3, -0.25) is 9.36 Å². The van der Waals surface area contributed by atoms with Crippen molar-refractivity contribution in [3.8, 4) is 6.07 Å². The van der Waals surface area contributed by atoms with Crippen LogP contribution < -0.4 is 5.56 Å². The minimum absolute atomic E-state index is 0.152. The molecule has 7 heteroatoms. The molecule has 0 saturated carbocycles. The van der Waals surface area contributed by atoms with Crippen LogP contribution in [0.2, 0.25) is 0 Å². The number of aromatic nitrogens is 2. The fraction of sp³-hybridized carbons (Fsp3) is 0.188. The van der Waals surface area contributed by atoms with Crippen molar-refractivity contribution in [2.45, 2.75) is 23.9 Å². The predicted molar refractivity (Wildman–Crippen MR) is 92.4 cm³/mol. The molecule has 0 spiro atoms. The third-order valence-corrected chi connectivity index (χ3v) is 4.71. The molecule has 0 N–H and O–H groups in total. The summed E-state index contributed by atoms with van der Waals surface area (Å²) in [6.45, 7) is 2.06. The van der Waals surface area contributed by atoms with E-state index < -0.39 is 0 Å². The van der Waals surface area contributed by atoms with Crippen LogP contribution in [0.1, 0.15) is 12.7 Å². The molecule has 2 aromatic heterocycles. The van der Waals surface area contributed by atoms with Crippen molar-refractivity contribution in [3.05, 3.63) is 57.2 Å². The summed E-state index contributed by atoms with van der Waals surface area (Å²) in [6.07, 6.45) is 1.57. The summed E-state index contributed by atoms with van der Waals surface area (Å²) < 4.78 is 7.71. The molecule has 0 aliphatic heterocycles. The van der Waals surface area contributed by atoms with Gasteiger partial charge >= 0.3 is 0 Å². The molecule has 0 saturated heterocycles. The molecule has 5 nitrogen and oxygen atoms in total. The van der Waals surface area contributed by atoms with Gasteiger partial charge in [-0.1, -0.05) is 27.7 Å². The normalized spacial score (nSPS) is 12.2. The van der Waals surface area contributed by atoms with Gasteiger partial charge in [-0.2, -0.15) is 5.26 Å². The Hall–Kier alpha value is -2.04.